The van der Waals surface area contributed by atoms with Crippen molar-refractivity contribution >= 4 is 12.1 Å². The third-order valence-corrected chi connectivity index (χ3v) is 0.863. The Kier molecular flexibility index (Phi) is 4.89. The van der Waals surface area contributed by atoms with Crippen LogP contribution in [0, 0.1) is 0 Å². The zero-order valence-corrected chi connectivity index (χ0v) is 6.55. The second-order valence-electron chi connectivity index (χ2n) is 1.79. The van der Waals surface area contributed by atoms with E-state index >= 15 is 0 Å². The van der Waals surface area contributed by atoms with Crippen LogP contribution in [-0.4, -0.2) is 32.3 Å². The van der Waals surface area contributed by atoms with E-state index in [4.69, 9.17) is 0 Å². The Balaban J connectivity index is 3.14. The molecular formula is C6H11NO4. The standard InChI is InChI=1S/C6H11NO4/c1-5(8)7-3-4-11-6(9)10-2/h3-4H2,1-2H3,(H,7,8). The van der Waals surface area contributed by atoms with Crippen molar-refractivity contribution in [3.8, 4) is 0 Å². The fourth-order valence-electron chi connectivity index (χ4n) is 0.420. The highest BCUT2D eigenvalue weighted by molar-refractivity contribution is 5.72. The normalized spacial score (nSPS) is 8.55. The van der Waals surface area contributed by atoms with Crippen molar-refractivity contribution in [2.24, 2.45) is 0 Å². The van der Waals surface area contributed by atoms with E-state index < -0.39 is 6.16 Å². The van der Waals surface area contributed by atoms with Gasteiger partial charge in [-0.15, -0.1) is 0 Å². The predicted molar refractivity (Wildman–Crippen MR) is 37.0 cm³/mol. The SMILES string of the molecule is COC(=O)OCCNC(C)=O. The number of hydrogen-bond donors (Lipinski definition) is 1. The van der Waals surface area contributed by atoms with Crippen LogP contribution in [0.15, 0.2) is 0 Å². The predicted octanol–water partition coefficient (Wildman–Crippen LogP) is -0.0945. The summed E-state index contributed by atoms with van der Waals surface area (Å²) in [6.07, 6.45) is -0.740. The molecule has 64 valence electrons. The molecule has 0 radical (unpaired) electrons. The average molecular weight is 161 g/mol. The van der Waals surface area contributed by atoms with E-state index in [9.17, 15) is 9.59 Å². The number of methoxy groups -OCH3 is 1. The molecule has 1 N–H and O–H groups in total. The van der Waals surface area contributed by atoms with Crippen molar-refractivity contribution in [1.29, 1.82) is 0 Å². The molecule has 0 spiro atoms. The lowest BCUT2D eigenvalue weighted by Crippen LogP contribution is -2.25. The third-order valence-electron chi connectivity index (χ3n) is 0.863. The Morgan fingerprint density at radius 1 is 1.45 bits per heavy atom. The van der Waals surface area contributed by atoms with E-state index in [1.165, 1.54) is 14.0 Å². The first-order chi connectivity index (χ1) is 5.16. The molecule has 5 nitrogen and oxygen atoms in total. The number of amides is 1. The second-order valence-corrected chi connectivity index (χ2v) is 1.79. The first-order valence-electron chi connectivity index (χ1n) is 3.12. The maximum absolute atomic E-state index is 10.3. The van der Waals surface area contributed by atoms with Crippen molar-refractivity contribution in [3.05, 3.63) is 0 Å². The summed E-state index contributed by atoms with van der Waals surface area (Å²) in [6, 6.07) is 0. The molecule has 5 heteroatoms. The summed E-state index contributed by atoms with van der Waals surface area (Å²) in [6.45, 7) is 1.83. The molecule has 0 aromatic carbocycles. The molecule has 0 aliphatic heterocycles. The van der Waals surface area contributed by atoms with Gasteiger partial charge in [-0.25, -0.2) is 4.79 Å². The zero-order valence-electron chi connectivity index (χ0n) is 6.55. The van der Waals surface area contributed by atoms with E-state index in [1.54, 1.807) is 0 Å². The van der Waals surface area contributed by atoms with Gasteiger partial charge < -0.3 is 14.8 Å². The molecule has 0 aromatic rings. The highest BCUT2D eigenvalue weighted by Gasteiger charge is 1.98. The van der Waals surface area contributed by atoms with E-state index in [1.807, 2.05) is 0 Å². The van der Waals surface area contributed by atoms with Crippen LogP contribution in [-0.2, 0) is 14.3 Å². The number of rotatable bonds is 3. The molecule has 0 fully saturated rings. The van der Waals surface area contributed by atoms with Crippen molar-refractivity contribution in [3.63, 3.8) is 0 Å². The van der Waals surface area contributed by atoms with Gasteiger partial charge in [0.05, 0.1) is 13.7 Å². The Hall–Kier alpha value is -1.26. The lowest BCUT2D eigenvalue weighted by atomic mass is 10.6. The number of carbonyl (C=O) groups excluding carboxylic acids is 2. The molecule has 0 aromatic heterocycles. The molecule has 0 bridgehead atoms. The molecule has 1 amide bonds. The molecule has 11 heavy (non-hydrogen) atoms. The molecule has 0 saturated heterocycles. The van der Waals surface area contributed by atoms with Crippen LogP contribution in [0.4, 0.5) is 4.79 Å². The number of hydrogen-bond acceptors (Lipinski definition) is 4. The minimum Gasteiger partial charge on any atom is -0.438 e. The molecule has 0 heterocycles. The Bertz CT molecular complexity index is 146. The molecule has 0 unspecified atom stereocenters. The van der Waals surface area contributed by atoms with Crippen molar-refractivity contribution in [2.75, 3.05) is 20.3 Å². The summed E-state index contributed by atoms with van der Waals surface area (Å²) in [5, 5.41) is 2.45. The van der Waals surface area contributed by atoms with Crippen LogP contribution < -0.4 is 5.32 Å². The molecule has 0 aliphatic carbocycles. The summed E-state index contributed by atoms with van der Waals surface area (Å²) in [7, 11) is 1.22. The Labute approximate surface area is 64.7 Å². The van der Waals surface area contributed by atoms with Gasteiger partial charge in [0.15, 0.2) is 0 Å². The van der Waals surface area contributed by atoms with Crippen LogP contribution in [0.25, 0.3) is 0 Å². The summed E-state index contributed by atoms with van der Waals surface area (Å²) < 4.78 is 8.65. The molecule has 0 atom stereocenters. The number of carbonyl (C=O) groups is 2. The maximum Gasteiger partial charge on any atom is 0.508 e. The quantitative estimate of drug-likeness (QED) is 0.464. The van der Waals surface area contributed by atoms with Gasteiger partial charge in [-0.1, -0.05) is 0 Å². The summed E-state index contributed by atoms with van der Waals surface area (Å²) in [5.41, 5.74) is 0. The zero-order chi connectivity index (χ0) is 8.69. The maximum atomic E-state index is 10.3. The van der Waals surface area contributed by atoms with Gasteiger partial charge in [0, 0.05) is 6.92 Å². The Morgan fingerprint density at radius 3 is 2.55 bits per heavy atom. The second kappa shape index (κ2) is 5.52. The van der Waals surface area contributed by atoms with Crippen LogP contribution in [0.1, 0.15) is 6.92 Å². The van der Waals surface area contributed by atoms with E-state index in [-0.39, 0.29) is 12.5 Å². The van der Waals surface area contributed by atoms with Gasteiger partial charge >= 0.3 is 6.16 Å². The topological polar surface area (TPSA) is 64.6 Å². The van der Waals surface area contributed by atoms with Crippen LogP contribution >= 0.6 is 0 Å². The van der Waals surface area contributed by atoms with Gasteiger partial charge in [-0.05, 0) is 0 Å². The van der Waals surface area contributed by atoms with E-state index in [0.29, 0.717) is 6.54 Å². The minimum absolute atomic E-state index is 0.131. The largest absolute Gasteiger partial charge is 0.508 e. The van der Waals surface area contributed by atoms with Gasteiger partial charge in [0.2, 0.25) is 5.91 Å². The minimum atomic E-state index is -0.740. The van der Waals surface area contributed by atoms with Crippen LogP contribution in [0.5, 0.6) is 0 Å². The smallest absolute Gasteiger partial charge is 0.438 e. The van der Waals surface area contributed by atoms with Crippen molar-refractivity contribution < 1.29 is 19.1 Å². The highest BCUT2D eigenvalue weighted by atomic mass is 16.7. The van der Waals surface area contributed by atoms with Crippen LogP contribution in [0.2, 0.25) is 0 Å². The average Bonchev–Trinajstić information content (AvgIpc) is 1.97. The van der Waals surface area contributed by atoms with Gasteiger partial charge in [-0.3, -0.25) is 4.79 Å². The molecular weight excluding hydrogens is 150 g/mol. The van der Waals surface area contributed by atoms with Gasteiger partial charge in [0.1, 0.15) is 6.61 Å². The first kappa shape index (κ1) is 9.74. The summed E-state index contributed by atoms with van der Waals surface area (Å²) in [4.78, 5) is 20.6. The van der Waals surface area contributed by atoms with Gasteiger partial charge in [-0.2, -0.15) is 0 Å². The first-order valence-corrected chi connectivity index (χ1v) is 3.12. The van der Waals surface area contributed by atoms with Crippen molar-refractivity contribution in [2.45, 2.75) is 6.92 Å². The van der Waals surface area contributed by atoms with E-state index in [2.05, 4.69) is 14.8 Å². The fourth-order valence-corrected chi connectivity index (χ4v) is 0.420. The fraction of sp³-hybridized carbons (Fsp3) is 0.667. The van der Waals surface area contributed by atoms with E-state index in [0.717, 1.165) is 0 Å². The van der Waals surface area contributed by atoms with Crippen molar-refractivity contribution in [1.82, 2.24) is 5.32 Å². The molecule has 0 aliphatic rings. The summed E-state index contributed by atoms with van der Waals surface area (Å²) in [5.74, 6) is -0.154. The number of ether oxygens (including phenoxy) is 2. The highest BCUT2D eigenvalue weighted by Crippen LogP contribution is 1.79. The van der Waals surface area contributed by atoms with Crippen LogP contribution in [0.3, 0.4) is 0 Å². The molecule has 0 saturated carbocycles. The molecule has 0 rings (SSSR count). The lowest BCUT2D eigenvalue weighted by Gasteiger charge is -2.02. The van der Waals surface area contributed by atoms with Gasteiger partial charge in [0.25, 0.3) is 0 Å². The third kappa shape index (κ3) is 6.63. The Morgan fingerprint density at radius 2 is 2.09 bits per heavy atom. The lowest BCUT2D eigenvalue weighted by molar-refractivity contribution is -0.119. The number of nitrogens with one attached hydrogen (secondary N) is 1. The monoisotopic (exact) mass is 161 g/mol. The summed E-state index contributed by atoms with van der Waals surface area (Å²) >= 11 is 0.